The SMILES string of the molecule is OCc1nc(N2CCCc3ccccc32)ccc1Cl. The number of aryl methyl sites for hydroxylation is 1. The van der Waals surface area contributed by atoms with Crippen LogP contribution in [0.3, 0.4) is 0 Å². The Hall–Kier alpha value is -1.58. The van der Waals surface area contributed by atoms with E-state index in [1.807, 2.05) is 12.1 Å². The molecular formula is C15H15ClN2O. The molecule has 2 aromatic rings. The first kappa shape index (κ1) is 12.5. The van der Waals surface area contributed by atoms with Crippen LogP contribution in [0.1, 0.15) is 17.7 Å². The smallest absolute Gasteiger partial charge is 0.133 e. The Morgan fingerprint density at radius 3 is 2.89 bits per heavy atom. The first-order chi connectivity index (χ1) is 9.29. The van der Waals surface area contributed by atoms with E-state index in [0.29, 0.717) is 10.7 Å². The minimum absolute atomic E-state index is 0.137. The van der Waals surface area contributed by atoms with Gasteiger partial charge in [0.2, 0.25) is 0 Å². The number of hydrogen-bond acceptors (Lipinski definition) is 3. The zero-order valence-corrected chi connectivity index (χ0v) is 11.3. The van der Waals surface area contributed by atoms with E-state index >= 15 is 0 Å². The second-order valence-electron chi connectivity index (χ2n) is 4.64. The molecule has 0 bridgehead atoms. The van der Waals surface area contributed by atoms with Crippen molar-refractivity contribution in [2.45, 2.75) is 19.4 Å². The van der Waals surface area contributed by atoms with Gasteiger partial charge in [0.15, 0.2) is 0 Å². The highest BCUT2D eigenvalue weighted by Crippen LogP contribution is 2.33. The fraction of sp³-hybridized carbons (Fsp3) is 0.267. The van der Waals surface area contributed by atoms with E-state index < -0.39 is 0 Å². The number of anilines is 2. The standard InChI is InChI=1S/C15H15ClN2O/c16-12-7-8-15(17-13(12)10-19)18-9-3-5-11-4-1-2-6-14(11)18/h1-2,4,6-8,19H,3,5,9-10H2. The van der Waals surface area contributed by atoms with Gasteiger partial charge in [0.05, 0.1) is 17.3 Å². The van der Waals surface area contributed by atoms with Gasteiger partial charge in [-0.05, 0) is 36.6 Å². The molecule has 0 spiro atoms. The maximum absolute atomic E-state index is 9.27. The molecule has 3 nitrogen and oxygen atoms in total. The van der Waals surface area contributed by atoms with Crippen LogP contribution in [0.2, 0.25) is 5.02 Å². The van der Waals surface area contributed by atoms with Crippen molar-refractivity contribution in [2.24, 2.45) is 0 Å². The van der Waals surface area contributed by atoms with E-state index in [1.165, 1.54) is 11.3 Å². The summed E-state index contributed by atoms with van der Waals surface area (Å²) in [6.07, 6.45) is 2.21. The minimum Gasteiger partial charge on any atom is -0.390 e. The van der Waals surface area contributed by atoms with E-state index in [4.69, 9.17) is 11.6 Å². The number of fused-ring (bicyclic) bond motifs is 1. The predicted octanol–water partition coefficient (Wildman–Crippen LogP) is 3.31. The molecule has 0 aliphatic carbocycles. The van der Waals surface area contributed by atoms with Gasteiger partial charge in [-0.15, -0.1) is 0 Å². The van der Waals surface area contributed by atoms with Crippen molar-refractivity contribution in [3.05, 3.63) is 52.7 Å². The van der Waals surface area contributed by atoms with Gasteiger partial charge in [-0.25, -0.2) is 4.98 Å². The molecule has 0 radical (unpaired) electrons. The summed E-state index contributed by atoms with van der Waals surface area (Å²) in [5.74, 6) is 0.848. The average molecular weight is 275 g/mol. The Bertz CT molecular complexity index is 600. The van der Waals surface area contributed by atoms with Crippen molar-refractivity contribution < 1.29 is 5.11 Å². The highest BCUT2D eigenvalue weighted by atomic mass is 35.5. The van der Waals surface area contributed by atoms with Crippen LogP contribution in [0.15, 0.2) is 36.4 Å². The number of nitrogens with zero attached hydrogens (tertiary/aromatic N) is 2. The number of rotatable bonds is 2. The molecule has 0 fully saturated rings. The zero-order chi connectivity index (χ0) is 13.2. The van der Waals surface area contributed by atoms with E-state index in [-0.39, 0.29) is 6.61 Å². The third-order valence-corrected chi connectivity index (χ3v) is 3.78. The Balaban J connectivity index is 2.04. The van der Waals surface area contributed by atoms with Gasteiger partial charge >= 0.3 is 0 Å². The summed E-state index contributed by atoms with van der Waals surface area (Å²) in [6.45, 7) is 0.804. The molecule has 2 heterocycles. The Morgan fingerprint density at radius 1 is 1.21 bits per heavy atom. The molecule has 1 aromatic carbocycles. The largest absolute Gasteiger partial charge is 0.390 e. The number of aromatic nitrogens is 1. The number of aliphatic hydroxyl groups excluding tert-OH is 1. The molecular weight excluding hydrogens is 260 g/mol. The van der Waals surface area contributed by atoms with Gasteiger partial charge in [-0.1, -0.05) is 29.8 Å². The summed E-state index contributed by atoms with van der Waals surface area (Å²) in [5.41, 5.74) is 3.07. The topological polar surface area (TPSA) is 36.4 Å². The normalized spacial score (nSPS) is 14.3. The Labute approximate surface area is 117 Å². The summed E-state index contributed by atoms with van der Waals surface area (Å²) in [4.78, 5) is 6.65. The van der Waals surface area contributed by atoms with Crippen molar-refractivity contribution in [3.8, 4) is 0 Å². The summed E-state index contributed by atoms with van der Waals surface area (Å²) in [5, 5.41) is 9.78. The quantitative estimate of drug-likeness (QED) is 0.913. The van der Waals surface area contributed by atoms with Crippen LogP contribution >= 0.6 is 11.6 Å². The van der Waals surface area contributed by atoms with Crippen LogP contribution in [0.5, 0.6) is 0 Å². The van der Waals surface area contributed by atoms with Gasteiger partial charge in [0, 0.05) is 12.2 Å². The van der Waals surface area contributed by atoms with Crippen LogP contribution in [-0.4, -0.2) is 16.6 Å². The second-order valence-corrected chi connectivity index (χ2v) is 5.05. The molecule has 0 saturated heterocycles. The maximum atomic E-state index is 9.27. The fourth-order valence-electron chi connectivity index (χ4n) is 2.51. The number of para-hydroxylation sites is 1. The van der Waals surface area contributed by atoms with Crippen LogP contribution < -0.4 is 4.90 Å². The number of benzene rings is 1. The molecule has 0 amide bonds. The van der Waals surface area contributed by atoms with Gasteiger partial charge < -0.3 is 10.0 Å². The fourth-order valence-corrected chi connectivity index (χ4v) is 2.67. The molecule has 3 rings (SSSR count). The van der Waals surface area contributed by atoms with Gasteiger partial charge in [0.25, 0.3) is 0 Å². The number of hydrogen-bond donors (Lipinski definition) is 1. The molecule has 1 N–H and O–H groups in total. The maximum Gasteiger partial charge on any atom is 0.133 e. The molecule has 0 atom stereocenters. The average Bonchev–Trinajstić information content (AvgIpc) is 2.47. The van der Waals surface area contributed by atoms with Crippen LogP contribution in [0, 0.1) is 0 Å². The first-order valence-electron chi connectivity index (χ1n) is 6.41. The number of halogens is 1. The molecule has 1 aromatic heterocycles. The summed E-state index contributed by atoms with van der Waals surface area (Å²) >= 11 is 5.99. The molecule has 4 heteroatoms. The highest BCUT2D eigenvalue weighted by molar-refractivity contribution is 6.31. The first-order valence-corrected chi connectivity index (χ1v) is 6.79. The van der Waals surface area contributed by atoms with Crippen LogP contribution in [0.25, 0.3) is 0 Å². The minimum atomic E-state index is -0.137. The Morgan fingerprint density at radius 2 is 2.05 bits per heavy atom. The van der Waals surface area contributed by atoms with Crippen molar-refractivity contribution >= 4 is 23.1 Å². The summed E-state index contributed by atoms with van der Waals surface area (Å²) in [6, 6.07) is 12.1. The molecule has 19 heavy (non-hydrogen) atoms. The van der Waals surface area contributed by atoms with Crippen molar-refractivity contribution in [1.29, 1.82) is 0 Å². The lowest BCUT2D eigenvalue weighted by atomic mass is 10.0. The molecule has 1 aliphatic heterocycles. The lowest BCUT2D eigenvalue weighted by molar-refractivity contribution is 0.277. The molecule has 98 valence electrons. The van der Waals surface area contributed by atoms with Crippen molar-refractivity contribution in [2.75, 3.05) is 11.4 Å². The monoisotopic (exact) mass is 274 g/mol. The van der Waals surface area contributed by atoms with E-state index in [1.54, 1.807) is 6.07 Å². The lowest BCUT2D eigenvalue weighted by Gasteiger charge is -2.30. The third kappa shape index (κ3) is 2.31. The summed E-state index contributed by atoms with van der Waals surface area (Å²) in [7, 11) is 0. The number of pyridine rings is 1. The van der Waals surface area contributed by atoms with Crippen molar-refractivity contribution in [3.63, 3.8) is 0 Å². The Kier molecular flexibility index (Phi) is 3.40. The molecule has 0 unspecified atom stereocenters. The zero-order valence-electron chi connectivity index (χ0n) is 10.5. The second kappa shape index (κ2) is 5.19. The van der Waals surface area contributed by atoms with Crippen molar-refractivity contribution in [1.82, 2.24) is 4.98 Å². The predicted molar refractivity (Wildman–Crippen MR) is 76.9 cm³/mol. The lowest BCUT2D eigenvalue weighted by Crippen LogP contribution is -2.25. The van der Waals surface area contributed by atoms with Crippen LogP contribution in [-0.2, 0) is 13.0 Å². The van der Waals surface area contributed by atoms with E-state index in [2.05, 4.69) is 28.1 Å². The third-order valence-electron chi connectivity index (χ3n) is 3.44. The van der Waals surface area contributed by atoms with Gasteiger partial charge in [0.1, 0.15) is 5.82 Å². The van der Waals surface area contributed by atoms with Crippen LogP contribution in [0.4, 0.5) is 11.5 Å². The van der Waals surface area contributed by atoms with E-state index in [0.717, 1.165) is 25.2 Å². The summed E-state index contributed by atoms with van der Waals surface area (Å²) < 4.78 is 0. The van der Waals surface area contributed by atoms with E-state index in [9.17, 15) is 5.11 Å². The molecule has 1 aliphatic rings. The van der Waals surface area contributed by atoms with Gasteiger partial charge in [-0.3, -0.25) is 0 Å². The highest BCUT2D eigenvalue weighted by Gasteiger charge is 2.19. The number of aliphatic hydroxyl groups is 1. The molecule has 0 saturated carbocycles. The van der Waals surface area contributed by atoms with Gasteiger partial charge in [-0.2, -0.15) is 0 Å².